The van der Waals surface area contributed by atoms with Gasteiger partial charge in [0.25, 0.3) is 0 Å². The van der Waals surface area contributed by atoms with Gasteiger partial charge in [0.05, 0.1) is 19.8 Å². The molecule has 0 aliphatic rings. The molecule has 0 aromatic carbocycles. The first-order valence-electron chi connectivity index (χ1n) is 17.3. The maximum atomic E-state index is 12.5. The van der Waals surface area contributed by atoms with E-state index in [9.17, 15) is 24.2 Å². The fourth-order valence-corrected chi connectivity index (χ4v) is 5.18. The zero-order valence-electron chi connectivity index (χ0n) is 28.1. The third-order valence-corrected chi connectivity index (χ3v) is 8.09. The van der Waals surface area contributed by atoms with Crippen molar-refractivity contribution in [2.24, 2.45) is 0 Å². The molecule has 0 aromatic heterocycles. The number of allylic oxidation sites excluding steroid dienone is 4. The molecule has 0 rings (SSSR count). The Morgan fingerprint density at radius 2 is 1.13 bits per heavy atom. The molecule has 0 aliphatic heterocycles. The summed E-state index contributed by atoms with van der Waals surface area (Å²) in [4.78, 5) is 34.5. The molecule has 45 heavy (non-hydrogen) atoms. The van der Waals surface area contributed by atoms with E-state index in [1.807, 2.05) is 0 Å². The van der Waals surface area contributed by atoms with Gasteiger partial charge in [0.15, 0.2) is 6.10 Å². The lowest BCUT2D eigenvalue weighted by Crippen LogP contribution is -2.29. The zero-order valence-corrected chi connectivity index (χ0v) is 29.0. The van der Waals surface area contributed by atoms with E-state index in [1.165, 1.54) is 44.9 Å². The highest BCUT2D eigenvalue weighted by atomic mass is 31.2. The summed E-state index contributed by atoms with van der Waals surface area (Å²) < 4.78 is 32.4. The summed E-state index contributed by atoms with van der Waals surface area (Å²) in [7, 11) is -4.60. The maximum Gasteiger partial charge on any atom is 0.472 e. The summed E-state index contributed by atoms with van der Waals surface area (Å²) in [5, 5.41) is 18.2. The number of phosphoric ester groups is 1. The second-order valence-corrected chi connectivity index (χ2v) is 13.0. The first kappa shape index (κ1) is 43.5. The van der Waals surface area contributed by atoms with E-state index in [0.29, 0.717) is 12.8 Å². The van der Waals surface area contributed by atoms with Crippen molar-refractivity contribution in [1.29, 1.82) is 0 Å². The molecule has 0 saturated carbocycles. The lowest BCUT2D eigenvalue weighted by atomic mass is 10.1. The minimum absolute atomic E-state index is 0.168. The first-order chi connectivity index (χ1) is 21.7. The standard InChI is InChI=1S/C34H63O10P/c1-3-5-7-9-11-12-13-14-15-16-17-18-20-22-24-26-34(38)44-32(30-43-45(39,40)42-28-31(36)27-35)29-41-33(37)25-23-21-19-10-8-6-4-2/h12-15,31-32,35-36H,3-11,16-30H2,1-2H3,(H,39,40)/b13-12+,15-14+/t31-,32+/m0/s1. The van der Waals surface area contributed by atoms with Crippen molar-refractivity contribution in [1.82, 2.24) is 0 Å². The lowest BCUT2D eigenvalue weighted by Gasteiger charge is -2.20. The van der Waals surface area contributed by atoms with Gasteiger partial charge in [-0.1, -0.05) is 115 Å². The van der Waals surface area contributed by atoms with Crippen LogP contribution in [0.5, 0.6) is 0 Å². The molecule has 3 N–H and O–H groups in total. The normalized spacial score (nSPS) is 14.5. The number of ether oxygens (including phenoxy) is 2. The second-order valence-electron chi connectivity index (χ2n) is 11.6. The van der Waals surface area contributed by atoms with E-state index in [0.717, 1.165) is 57.8 Å². The molecule has 264 valence electrons. The summed E-state index contributed by atoms with van der Waals surface area (Å²) in [6.45, 7) is 2.26. The smallest absolute Gasteiger partial charge is 0.462 e. The van der Waals surface area contributed by atoms with Gasteiger partial charge in [0, 0.05) is 12.8 Å². The molecule has 3 atom stereocenters. The topological polar surface area (TPSA) is 149 Å². The van der Waals surface area contributed by atoms with Gasteiger partial charge >= 0.3 is 19.8 Å². The number of rotatable bonds is 32. The highest BCUT2D eigenvalue weighted by molar-refractivity contribution is 7.47. The van der Waals surface area contributed by atoms with Crippen LogP contribution >= 0.6 is 7.82 Å². The highest BCUT2D eigenvalue weighted by Gasteiger charge is 2.27. The molecule has 0 bridgehead atoms. The van der Waals surface area contributed by atoms with Crippen LogP contribution in [0.4, 0.5) is 0 Å². The van der Waals surface area contributed by atoms with Crippen LogP contribution in [0.1, 0.15) is 142 Å². The summed E-state index contributed by atoms with van der Waals surface area (Å²) >= 11 is 0. The Morgan fingerprint density at radius 3 is 1.69 bits per heavy atom. The van der Waals surface area contributed by atoms with Crippen molar-refractivity contribution in [2.75, 3.05) is 26.4 Å². The first-order valence-corrected chi connectivity index (χ1v) is 18.8. The number of hydrogen-bond donors (Lipinski definition) is 3. The summed E-state index contributed by atoms with van der Waals surface area (Å²) in [5.74, 6) is -0.951. The fraction of sp³-hybridized carbons (Fsp3) is 0.824. The van der Waals surface area contributed by atoms with E-state index < -0.39 is 51.8 Å². The molecular weight excluding hydrogens is 599 g/mol. The Balaban J connectivity index is 4.41. The predicted octanol–water partition coefficient (Wildman–Crippen LogP) is 7.88. The van der Waals surface area contributed by atoms with Gasteiger partial charge in [0.2, 0.25) is 0 Å². The number of hydrogen-bond acceptors (Lipinski definition) is 9. The van der Waals surface area contributed by atoms with Crippen LogP contribution in [0.2, 0.25) is 0 Å². The Labute approximate surface area is 272 Å². The van der Waals surface area contributed by atoms with Gasteiger partial charge in [-0.15, -0.1) is 0 Å². The van der Waals surface area contributed by atoms with E-state index in [1.54, 1.807) is 0 Å². The van der Waals surface area contributed by atoms with Crippen molar-refractivity contribution < 1.29 is 47.8 Å². The van der Waals surface area contributed by atoms with Crippen molar-refractivity contribution in [3.63, 3.8) is 0 Å². The van der Waals surface area contributed by atoms with Crippen molar-refractivity contribution in [3.8, 4) is 0 Å². The molecular formula is C34H63O10P. The number of phosphoric acid groups is 1. The molecule has 0 fully saturated rings. The number of carbonyl (C=O) groups excluding carboxylic acids is 2. The van der Waals surface area contributed by atoms with E-state index in [2.05, 4.69) is 42.7 Å². The summed E-state index contributed by atoms with van der Waals surface area (Å²) in [6.07, 6.45) is 26.0. The monoisotopic (exact) mass is 662 g/mol. The average molecular weight is 663 g/mol. The van der Waals surface area contributed by atoms with Gasteiger partial charge < -0.3 is 24.6 Å². The third-order valence-electron chi connectivity index (χ3n) is 7.14. The second kappa shape index (κ2) is 31.1. The molecule has 0 saturated heterocycles. The Kier molecular flexibility index (Phi) is 30.0. The Bertz CT molecular complexity index is 817. The van der Waals surface area contributed by atoms with Gasteiger partial charge in [-0.3, -0.25) is 18.6 Å². The van der Waals surface area contributed by atoms with E-state index >= 15 is 0 Å². The lowest BCUT2D eigenvalue weighted by molar-refractivity contribution is -0.161. The number of carbonyl (C=O) groups is 2. The minimum atomic E-state index is -4.60. The SMILES string of the molecule is CCCCCC/C=C/C=C/CCCCCCCC(=O)O[C@H](COC(=O)CCCCCCCCC)COP(=O)(O)OC[C@@H](O)CO. The molecule has 0 amide bonds. The van der Waals surface area contributed by atoms with Gasteiger partial charge in [0.1, 0.15) is 12.7 Å². The number of esters is 2. The van der Waals surface area contributed by atoms with Crippen LogP contribution in [0, 0.1) is 0 Å². The van der Waals surface area contributed by atoms with Crippen LogP contribution in [0.25, 0.3) is 0 Å². The van der Waals surface area contributed by atoms with Crippen molar-refractivity contribution in [2.45, 2.75) is 154 Å². The van der Waals surface area contributed by atoms with Crippen LogP contribution < -0.4 is 0 Å². The largest absolute Gasteiger partial charge is 0.472 e. The van der Waals surface area contributed by atoms with E-state index in [4.69, 9.17) is 19.1 Å². The number of unbranched alkanes of at least 4 members (excludes halogenated alkanes) is 15. The highest BCUT2D eigenvalue weighted by Crippen LogP contribution is 2.43. The molecule has 0 aromatic rings. The number of aliphatic hydroxyl groups excluding tert-OH is 2. The summed E-state index contributed by atoms with van der Waals surface area (Å²) in [5.41, 5.74) is 0. The molecule has 0 heterocycles. The quantitative estimate of drug-likeness (QED) is 0.0281. The van der Waals surface area contributed by atoms with Gasteiger partial charge in [-0.2, -0.15) is 0 Å². The van der Waals surface area contributed by atoms with Crippen LogP contribution in [-0.2, 0) is 32.7 Å². The van der Waals surface area contributed by atoms with E-state index in [-0.39, 0.29) is 19.4 Å². The number of aliphatic hydroxyl groups is 2. The molecule has 11 heteroatoms. The molecule has 1 unspecified atom stereocenters. The molecule has 0 radical (unpaired) electrons. The fourth-order valence-electron chi connectivity index (χ4n) is 4.39. The van der Waals surface area contributed by atoms with Gasteiger partial charge in [-0.05, 0) is 38.5 Å². The molecule has 10 nitrogen and oxygen atoms in total. The van der Waals surface area contributed by atoms with Crippen LogP contribution in [0.3, 0.4) is 0 Å². The van der Waals surface area contributed by atoms with Crippen LogP contribution in [-0.4, -0.2) is 65.7 Å². The van der Waals surface area contributed by atoms with Crippen molar-refractivity contribution >= 4 is 19.8 Å². The summed E-state index contributed by atoms with van der Waals surface area (Å²) in [6, 6.07) is 0. The Hall–Kier alpha value is -1.55. The van der Waals surface area contributed by atoms with Crippen molar-refractivity contribution in [3.05, 3.63) is 24.3 Å². The zero-order chi connectivity index (χ0) is 33.4. The van der Waals surface area contributed by atoms with Crippen LogP contribution in [0.15, 0.2) is 24.3 Å². The molecule has 0 aliphatic carbocycles. The average Bonchev–Trinajstić information content (AvgIpc) is 3.02. The predicted molar refractivity (Wildman–Crippen MR) is 178 cm³/mol. The van der Waals surface area contributed by atoms with Gasteiger partial charge in [-0.25, -0.2) is 4.57 Å². The maximum absolute atomic E-state index is 12.5. The Morgan fingerprint density at radius 1 is 0.667 bits per heavy atom. The minimum Gasteiger partial charge on any atom is -0.462 e. The molecule has 0 spiro atoms. The third kappa shape index (κ3) is 30.8.